The van der Waals surface area contributed by atoms with Crippen molar-refractivity contribution >= 4 is 11.5 Å². The summed E-state index contributed by atoms with van der Waals surface area (Å²) in [6.45, 7) is 2.72. The maximum atomic E-state index is 10.3. The second kappa shape index (κ2) is 4.80. The minimum atomic E-state index is -0.893. The van der Waals surface area contributed by atoms with Crippen LogP contribution in [0.4, 0.5) is 11.5 Å². The number of rotatable bonds is 3. The number of nitrogens with zero attached hydrogens (tertiary/aromatic N) is 2. The van der Waals surface area contributed by atoms with Gasteiger partial charge in [0, 0.05) is 19.6 Å². The number of anilines is 2. The summed E-state index contributed by atoms with van der Waals surface area (Å²) in [6, 6.07) is 5.22. The predicted molar refractivity (Wildman–Crippen MR) is 66.8 cm³/mol. The van der Waals surface area contributed by atoms with Crippen LogP contribution in [-0.4, -0.2) is 34.9 Å². The number of ether oxygens (including phenoxy) is 1. The summed E-state index contributed by atoms with van der Waals surface area (Å²) in [7, 11) is 0. The van der Waals surface area contributed by atoms with Crippen molar-refractivity contribution in [3.63, 3.8) is 0 Å². The Balaban J connectivity index is 2.05. The molecule has 96 valence electrons. The van der Waals surface area contributed by atoms with Gasteiger partial charge in [-0.2, -0.15) is 5.26 Å². The van der Waals surface area contributed by atoms with Gasteiger partial charge in [-0.1, -0.05) is 0 Å². The highest BCUT2D eigenvalue weighted by molar-refractivity contribution is 5.54. The second-order valence-corrected chi connectivity index (χ2v) is 4.47. The average Bonchev–Trinajstić information content (AvgIpc) is 2.69. The predicted octanol–water partition coefficient (Wildman–Crippen LogP) is 0.487. The Bertz CT molecular complexity index is 485. The first-order chi connectivity index (χ1) is 8.55. The molecule has 1 aliphatic rings. The monoisotopic (exact) mass is 248 g/mol. The lowest BCUT2D eigenvalue weighted by atomic mass is 9.97. The molecule has 1 aromatic heterocycles. The maximum absolute atomic E-state index is 10.3. The summed E-state index contributed by atoms with van der Waals surface area (Å²) in [5, 5.41) is 22.1. The van der Waals surface area contributed by atoms with Crippen LogP contribution in [-0.2, 0) is 4.74 Å². The number of aliphatic hydroxyl groups is 1. The molecule has 2 atom stereocenters. The summed E-state index contributed by atoms with van der Waals surface area (Å²) >= 11 is 0. The van der Waals surface area contributed by atoms with Crippen LogP contribution in [0.2, 0.25) is 0 Å². The van der Waals surface area contributed by atoms with E-state index in [2.05, 4.69) is 10.3 Å². The van der Waals surface area contributed by atoms with Crippen molar-refractivity contribution < 1.29 is 9.84 Å². The van der Waals surface area contributed by atoms with E-state index < -0.39 is 5.60 Å². The highest BCUT2D eigenvalue weighted by Gasteiger charge is 2.39. The zero-order valence-electron chi connectivity index (χ0n) is 10.2. The number of nitrogens with one attached hydrogen (secondary N) is 1. The van der Waals surface area contributed by atoms with Crippen molar-refractivity contribution in [1.82, 2.24) is 4.98 Å². The van der Waals surface area contributed by atoms with Crippen LogP contribution in [0.5, 0.6) is 0 Å². The van der Waals surface area contributed by atoms with Gasteiger partial charge in [-0.15, -0.1) is 0 Å². The lowest BCUT2D eigenvalue weighted by Crippen LogP contribution is -2.43. The molecule has 18 heavy (non-hydrogen) atoms. The Hall–Kier alpha value is -1.84. The molecule has 0 saturated carbocycles. The Kier molecular flexibility index (Phi) is 3.36. The zero-order valence-corrected chi connectivity index (χ0v) is 10.2. The minimum absolute atomic E-state index is 0.183. The zero-order chi connectivity index (χ0) is 13.2. The third-order valence-electron chi connectivity index (χ3n) is 3.27. The van der Waals surface area contributed by atoms with E-state index in [4.69, 9.17) is 15.7 Å². The van der Waals surface area contributed by atoms with Gasteiger partial charge >= 0.3 is 0 Å². The Morgan fingerprint density at radius 3 is 3.11 bits per heavy atom. The van der Waals surface area contributed by atoms with Gasteiger partial charge in [0.25, 0.3) is 0 Å². The minimum Gasteiger partial charge on any atom is -0.396 e. The first kappa shape index (κ1) is 12.6. The Morgan fingerprint density at radius 1 is 1.72 bits per heavy atom. The quantitative estimate of drug-likeness (QED) is 0.719. The highest BCUT2D eigenvalue weighted by atomic mass is 16.5. The molecule has 6 heteroatoms. The van der Waals surface area contributed by atoms with Gasteiger partial charge < -0.3 is 20.9 Å². The van der Waals surface area contributed by atoms with Crippen molar-refractivity contribution in [2.24, 2.45) is 0 Å². The molecular weight excluding hydrogens is 232 g/mol. The third-order valence-corrected chi connectivity index (χ3v) is 3.27. The summed E-state index contributed by atoms with van der Waals surface area (Å²) < 4.78 is 5.34. The lowest BCUT2D eigenvalue weighted by molar-refractivity contribution is -0.0176. The largest absolute Gasteiger partial charge is 0.396 e. The molecule has 2 heterocycles. The van der Waals surface area contributed by atoms with Gasteiger partial charge in [0.15, 0.2) is 5.69 Å². The molecule has 0 aliphatic carbocycles. The van der Waals surface area contributed by atoms with Crippen LogP contribution in [0.3, 0.4) is 0 Å². The molecular formula is C12H16N4O2. The molecule has 1 saturated heterocycles. The number of nitriles is 1. The van der Waals surface area contributed by atoms with Gasteiger partial charge in [0.05, 0.1) is 11.8 Å². The number of nitrogen functional groups attached to an aromatic ring is 1. The SMILES string of the molecule is CC1OCCC1(O)CNc1ccc(N)c(C#N)n1. The summed E-state index contributed by atoms with van der Waals surface area (Å²) in [6.07, 6.45) is 0.371. The van der Waals surface area contributed by atoms with Crippen LogP contribution in [0.25, 0.3) is 0 Å². The van der Waals surface area contributed by atoms with Crippen LogP contribution >= 0.6 is 0 Å². The van der Waals surface area contributed by atoms with Crippen molar-refractivity contribution in [2.75, 3.05) is 24.2 Å². The molecule has 0 amide bonds. The van der Waals surface area contributed by atoms with E-state index in [1.807, 2.05) is 13.0 Å². The molecule has 6 nitrogen and oxygen atoms in total. The van der Waals surface area contributed by atoms with Crippen LogP contribution in [0, 0.1) is 11.3 Å². The first-order valence-corrected chi connectivity index (χ1v) is 5.79. The molecule has 1 fully saturated rings. The molecule has 2 unspecified atom stereocenters. The van der Waals surface area contributed by atoms with Gasteiger partial charge in [-0.05, 0) is 19.1 Å². The normalized spacial score (nSPS) is 26.8. The standard InChI is InChI=1S/C12H16N4O2/c1-8-12(17,4-5-18-8)7-15-11-3-2-9(14)10(6-13)16-11/h2-3,8,17H,4-5,7,14H2,1H3,(H,15,16). The van der Waals surface area contributed by atoms with Crippen molar-refractivity contribution in [1.29, 1.82) is 5.26 Å². The van der Waals surface area contributed by atoms with Crippen LogP contribution in [0.1, 0.15) is 19.0 Å². The lowest BCUT2D eigenvalue weighted by Gasteiger charge is -2.26. The van der Waals surface area contributed by atoms with Crippen LogP contribution < -0.4 is 11.1 Å². The second-order valence-electron chi connectivity index (χ2n) is 4.47. The topological polar surface area (TPSA) is 104 Å². The molecule has 0 spiro atoms. The average molecular weight is 248 g/mol. The summed E-state index contributed by atoms with van der Waals surface area (Å²) in [5.74, 6) is 0.522. The fraction of sp³-hybridized carbons (Fsp3) is 0.500. The van der Waals surface area contributed by atoms with Crippen molar-refractivity contribution in [3.05, 3.63) is 17.8 Å². The van der Waals surface area contributed by atoms with Crippen molar-refractivity contribution in [2.45, 2.75) is 25.0 Å². The Labute approximate surface area is 105 Å². The number of hydrogen-bond donors (Lipinski definition) is 3. The third kappa shape index (κ3) is 2.37. The van der Waals surface area contributed by atoms with Crippen molar-refractivity contribution in [3.8, 4) is 6.07 Å². The molecule has 2 rings (SSSR count). The van der Waals surface area contributed by atoms with E-state index in [1.165, 1.54) is 0 Å². The smallest absolute Gasteiger partial charge is 0.165 e. The van der Waals surface area contributed by atoms with Gasteiger partial charge in [-0.3, -0.25) is 0 Å². The highest BCUT2D eigenvalue weighted by Crippen LogP contribution is 2.26. The van der Waals surface area contributed by atoms with Gasteiger partial charge in [-0.25, -0.2) is 4.98 Å². The Morgan fingerprint density at radius 2 is 2.50 bits per heavy atom. The molecule has 4 N–H and O–H groups in total. The van der Waals surface area contributed by atoms with E-state index in [0.717, 1.165) is 0 Å². The van der Waals surface area contributed by atoms with Gasteiger partial charge in [0.1, 0.15) is 17.5 Å². The van der Waals surface area contributed by atoms with E-state index in [1.54, 1.807) is 12.1 Å². The fourth-order valence-corrected chi connectivity index (χ4v) is 1.90. The number of nitrogens with two attached hydrogens (primary N) is 1. The van der Waals surface area contributed by atoms with E-state index in [-0.39, 0.29) is 11.8 Å². The first-order valence-electron chi connectivity index (χ1n) is 5.79. The maximum Gasteiger partial charge on any atom is 0.165 e. The molecule has 0 radical (unpaired) electrons. The number of hydrogen-bond acceptors (Lipinski definition) is 6. The summed E-state index contributed by atoms with van der Waals surface area (Å²) in [4.78, 5) is 4.06. The molecule has 0 aromatic carbocycles. The number of pyridine rings is 1. The van der Waals surface area contributed by atoms with Crippen LogP contribution in [0.15, 0.2) is 12.1 Å². The van der Waals surface area contributed by atoms with Gasteiger partial charge in [0.2, 0.25) is 0 Å². The fourth-order valence-electron chi connectivity index (χ4n) is 1.90. The molecule has 0 bridgehead atoms. The molecule has 1 aliphatic heterocycles. The summed E-state index contributed by atoms with van der Waals surface area (Å²) in [5.41, 5.74) is 5.22. The van der Waals surface area contributed by atoms with E-state index >= 15 is 0 Å². The van der Waals surface area contributed by atoms with E-state index in [0.29, 0.717) is 31.1 Å². The van der Waals surface area contributed by atoms with E-state index in [9.17, 15) is 5.11 Å². The number of aromatic nitrogens is 1. The molecule has 1 aromatic rings.